The van der Waals surface area contributed by atoms with Crippen LogP contribution in [0.1, 0.15) is 29.5 Å². The molecule has 4 rings (SSSR count). The minimum atomic E-state index is -0.234. The number of ether oxygens (including phenoxy) is 2. The molecule has 5 nitrogen and oxygen atoms in total. The van der Waals surface area contributed by atoms with Crippen LogP contribution in [-0.2, 0) is 18.4 Å². The molecular weight excluding hydrogens is 359 g/mol. The van der Waals surface area contributed by atoms with Gasteiger partial charge in [-0.05, 0) is 60.2 Å². The third-order valence-electron chi connectivity index (χ3n) is 5.89. The summed E-state index contributed by atoms with van der Waals surface area (Å²) >= 11 is 0. The Bertz CT molecular complexity index is 878. The number of fused-ring (bicyclic) bond motifs is 1. The maximum absolute atomic E-state index is 13.2. The molecule has 6 heteroatoms. The minimum absolute atomic E-state index is 0.0480. The molecule has 0 bridgehead atoms. The van der Waals surface area contributed by atoms with Gasteiger partial charge in [-0.15, -0.1) is 0 Å². The van der Waals surface area contributed by atoms with Gasteiger partial charge in [0, 0.05) is 25.0 Å². The van der Waals surface area contributed by atoms with E-state index < -0.39 is 0 Å². The summed E-state index contributed by atoms with van der Waals surface area (Å²) in [5, 5.41) is 3.09. The van der Waals surface area contributed by atoms with Gasteiger partial charge in [0.2, 0.25) is 0 Å². The largest absolute Gasteiger partial charge is 0.493 e. The fourth-order valence-electron chi connectivity index (χ4n) is 3.93. The molecule has 1 saturated carbocycles. The van der Waals surface area contributed by atoms with Crippen molar-refractivity contribution in [2.24, 2.45) is 0 Å². The molecule has 1 fully saturated rings. The molecule has 2 aromatic rings. The fraction of sp³-hybridized carbons (Fsp3) is 0.409. The van der Waals surface area contributed by atoms with Crippen molar-refractivity contribution < 1.29 is 18.7 Å². The summed E-state index contributed by atoms with van der Waals surface area (Å²) in [6, 6.07) is 10.5. The molecule has 0 spiro atoms. The molecule has 0 aromatic heterocycles. The number of carbonyl (C=O) groups excluding carboxylic acids is 1. The van der Waals surface area contributed by atoms with Crippen LogP contribution in [0, 0.1) is 5.82 Å². The minimum Gasteiger partial charge on any atom is -0.493 e. The zero-order valence-corrected chi connectivity index (χ0v) is 16.3. The van der Waals surface area contributed by atoms with Crippen molar-refractivity contribution in [2.75, 3.05) is 27.3 Å². The number of halogens is 1. The van der Waals surface area contributed by atoms with Crippen LogP contribution >= 0.6 is 0 Å². The Kier molecular flexibility index (Phi) is 4.87. The lowest BCUT2D eigenvalue weighted by atomic mass is 9.96. The maximum Gasteiger partial charge on any atom is 0.317 e. The highest BCUT2D eigenvalue weighted by molar-refractivity contribution is 5.75. The van der Waals surface area contributed by atoms with Crippen LogP contribution in [0.15, 0.2) is 36.4 Å². The molecule has 1 heterocycles. The third kappa shape index (κ3) is 3.51. The number of methoxy groups -OCH3 is 2. The summed E-state index contributed by atoms with van der Waals surface area (Å²) in [5.74, 6) is 1.16. The molecule has 2 aliphatic rings. The normalized spacial score (nSPS) is 16.9. The quantitative estimate of drug-likeness (QED) is 0.856. The molecule has 28 heavy (non-hydrogen) atoms. The zero-order chi connectivity index (χ0) is 19.7. The lowest BCUT2D eigenvalue weighted by molar-refractivity contribution is 0.191. The number of hydrogen-bond acceptors (Lipinski definition) is 3. The van der Waals surface area contributed by atoms with Gasteiger partial charge in [-0.1, -0.05) is 12.1 Å². The second-order valence-electron chi connectivity index (χ2n) is 7.59. The van der Waals surface area contributed by atoms with Crippen LogP contribution in [0.4, 0.5) is 9.18 Å². The first-order valence-electron chi connectivity index (χ1n) is 9.57. The van der Waals surface area contributed by atoms with Crippen molar-refractivity contribution in [1.82, 2.24) is 10.2 Å². The maximum atomic E-state index is 13.2. The van der Waals surface area contributed by atoms with E-state index in [-0.39, 0.29) is 17.3 Å². The van der Waals surface area contributed by atoms with E-state index in [1.807, 2.05) is 29.2 Å². The van der Waals surface area contributed by atoms with Gasteiger partial charge in [-0.2, -0.15) is 0 Å². The number of hydrogen-bond donors (Lipinski definition) is 1. The third-order valence-corrected chi connectivity index (χ3v) is 5.89. The monoisotopic (exact) mass is 384 g/mol. The van der Waals surface area contributed by atoms with Crippen molar-refractivity contribution in [2.45, 2.75) is 31.2 Å². The Hall–Kier alpha value is -2.76. The molecule has 148 valence electrons. The second-order valence-corrected chi connectivity index (χ2v) is 7.59. The fourth-order valence-corrected chi connectivity index (χ4v) is 3.93. The molecule has 1 aliphatic heterocycles. The second kappa shape index (κ2) is 7.34. The summed E-state index contributed by atoms with van der Waals surface area (Å²) in [5.41, 5.74) is 3.31. The number of benzene rings is 2. The number of carbonyl (C=O) groups is 1. The van der Waals surface area contributed by atoms with Crippen molar-refractivity contribution >= 4 is 6.03 Å². The van der Waals surface area contributed by atoms with Crippen molar-refractivity contribution in [1.29, 1.82) is 0 Å². The van der Waals surface area contributed by atoms with E-state index >= 15 is 0 Å². The van der Waals surface area contributed by atoms with E-state index in [1.54, 1.807) is 14.2 Å². The van der Waals surface area contributed by atoms with E-state index in [0.29, 0.717) is 31.1 Å². The Balaban J connectivity index is 1.41. The standard InChI is InChI=1S/C22H25FN2O3/c1-27-19-11-15-7-10-25(13-16(15)12-20(19)28-2)21(26)24-14-22(8-9-22)17-3-5-18(23)6-4-17/h3-6,11-12H,7-10,13-14H2,1-2H3,(H,24,26). The molecule has 0 radical (unpaired) electrons. The predicted molar refractivity (Wildman–Crippen MR) is 104 cm³/mol. The van der Waals surface area contributed by atoms with E-state index in [0.717, 1.165) is 30.4 Å². The SMILES string of the molecule is COc1cc2c(cc1OC)CN(C(=O)NCC1(c3ccc(F)cc3)CC1)CC2. The highest BCUT2D eigenvalue weighted by Crippen LogP contribution is 2.47. The lowest BCUT2D eigenvalue weighted by Gasteiger charge is -2.30. The number of amides is 2. The van der Waals surface area contributed by atoms with Gasteiger partial charge in [-0.3, -0.25) is 0 Å². The number of nitrogens with zero attached hydrogens (tertiary/aromatic N) is 1. The van der Waals surface area contributed by atoms with Crippen molar-refractivity contribution in [3.63, 3.8) is 0 Å². The predicted octanol–water partition coefficient (Wildman–Crippen LogP) is 3.64. The van der Waals surface area contributed by atoms with Crippen LogP contribution in [-0.4, -0.2) is 38.2 Å². The van der Waals surface area contributed by atoms with Gasteiger partial charge in [0.25, 0.3) is 0 Å². The molecule has 2 aromatic carbocycles. The molecule has 0 saturated heterocycles. The Morgan fingerprint density at radius 2 is 1.75 bits per heavy atom. The van der Waals surface area contributed by atoms with E-state index in [9.17, 15) is 9.18 Å². The number of rotatable bonds is 5. The van der Waals surface area contributed by atoms with Gasteiger partial charge in [0.05, 0.1) is 14.2 Å². The summed E-state index contributed by atoms with van der Waals surface area (Å²) in [7, 11) is 3.24. The van der Waals surface area contributed by atoms with Gasteiger partial charge < -0.3 is 19.7 Å². The van der Waals surface area contributed by atoms with E-state index in [4.69, 9.17) is 9.47 Å². The number of urea groups is 1. The molecule has 0 atom stereocenters. The first-order valence-corrected chi connectivity index (χ1v) is 9.57. The lowest BCUT2D eigenvalue weighted by Crippen LogP contribution is -2.45. The van der Waals surface area contributed by atoms with Crippen LogP contribution in [0.25, 0.3) is 0 Å². The summed E-state index contributed by atoms with van der Waals surface area (Å²) in [6.07, 6.45) is 2.81. The Morgan fingerprint density at radius 3 is 2.36 bits per heavy atom. The number of nitrogens with one attached hydrogen (secondary N) is 1. The van der Waals surface area contributed by atoms with Crippen LogP contribution in [0.2, 0.25) is 0 Å². The van der Waals surface area contributed by atoms with Crippen LogP contribution in [0.5, 0.6) is 11.5 Å². The summed E-state index contributed by atoms with van der Waals surface area (Å²) in [6.45, 7) is 1.79. The smallest absolute Gasteiger partial charge is 0.317 e. The van der Waals surface area contributed by atoms with Crippen LogP contribution < -0.4 is 14.8 Å². The average molecular weight is 384 g/mol. The van der Waals surface area contributed by atoms with Crippen LogP contribution in [0.3, 0.4) is 0 Å². The first kappa shape index (κ1) is 18.6. The Labute approximate surface area is 164 Å². The topological polar surface area (TPSA) is 50.8 Å². The Morgan fingerprint density at radius 1 is 1.11 bits per heavy atom. The molecule has 0 unspecified atom stereocenters. The zero-order valence-electron chi connectivity index (χ0n) is 16.3. The first-order chi connectivity index (χ1) is 13.5. The molecular formula is C22H25FN2O3. The molecule has 1 aliphatic carbocycles. The highest BCUT2D eigenvalue weighted by atomic mass is 19.1. The molecule has 2 amide bonds. The summed E-state index contributed by atoms with van der Waals surface area (Å²) in [4.78, 5) is 14.6. The van der Waals surface area contributed by atoms with E-state index in [2.05, 4.69) is 5.32 Å². The van der Waals surface area contributed by atoms with Crippen molar-refractivity contribution in [3.8, 4) is 11.5 Å². The average Bonchev–Trinajstić information content (AvgIpc) is 3.52. The summed E-state index contributed by atoms with van der Waals surface area (Å²) < 4.78 is 23.9. The molecule has 1 N–H and O–H groups in total. The van der Waals surface area contributed by atoms with Gasteiger partial charge in [0.15, 0.2) is 11.5 Å². The van der Waals surface area contributed by atoms with Gasteiger partial charge in [-0.25, -0.2) is 9.18 Å². The van der Waals surface area contributed by atoms with Crippen molar-refractivity contribution in [3.05, 3.63) is 58.9 Å². The highest BCUT2D eigenvalue weighted by Gasteiger charge is 2.44. The van der Waals surface area contributed by atoms with E-state index in [1.165, 1.54) is 17.7 Å². The van der Waals surface area contributed by atoms with Gasteiger partial charge in [0.1, 0.15) is 5.82 Å². The van der Waals surface area contributed by atoms with Gasteiger partial charge >= 0.3 is 6.03 Å².